The van der Waals surface area contributed by atoms with Crippen molar-refractivity contribution >= 4 is 35.0 Å². The van der Waals surface area contributed by atoms with Gasteiger partial charge in [-0.05, 0) is 48.7 Å². The van der Waals surface area contributed by atoms with Crippen molar-refractivity contribution in [3.05, 3.63) is 64.2 Å². The van der Waals surface area contributed by atoms with Gasteiger partial charge in [-0.3, -0.25) is 19.3 Å². The highest BCUT2D eigenvalue weighted by molar-refractivity contribution is 6.30. The van der Waals surface area contributed by atoms with Crippen LogP contribution in [-0.2, 0) is 10.2 Å². The molecule has 2 aromatic carbocycles. The molecule has 0 unspecified atom stereocenters. The average molecular weight is 369 g/mol. The van der Waals surface area contributed by atoms with Gasteiger partial charge in [-0.15, -0.1) is 0 Å². The number of nitrogens with one attached hydrogen (secondary N) is 1. The summed E-state index contributed by atoms with van der Waals surface area (Å²) < 4.78 is 0. The van der Waals surface area contributed by atoms with E-state index in [1.54, 1.807) is 30.3 Å². The lowest BCUT2D eigenvalue weighted by Crippen LogP contribution is -2.46. The molecule has 5 nitrogen and oxygen atoms in total. The highest BCUT2D eigenvalue weighted by atomic mass is 35.5. The first kappa shape index (κ1) is 16.8. The van der Waals surface area contributed by atoms with E-state index in [9.17, 15) is 14.4 Å². The van der Waals surface area contributed by atoms with E-state index in [1.165, 1.54) is 7.05 Å². The van der Waals surface area contributed by atoms with Crippen LogP contribution in [0.2, 0.25) is 5.02 Å². The molecular weight excluding hydrogens is 352 g/mol. The van der Waals surface area contributed by atoms with Crippen molar-refractivity contribution in [3.63, 3.8) is 0 Å². The number of imide groups is 1. The van der Waals surface area contributed by atoms with E-state index in [-0.39, 0.29) is 17.7 Å². The molecule has 2 aromatic rings. The SMILES string of the molecule is CN1C(=O)c2ccc(NC(=O)C3(c4ccc(Cl)cc4)CCC3)cc2C1=O. The van der Waals surface area contributed by atoms with Crippen LogP contribution in [0, 0.1) is 0 Å². The number of hydrogen-bond donors (Lipinski definition) is 1. The van der Waals surface area contributed by atoms with Crippen LogP contribution in [0.5, 0.6) is 0 Å². The number of rotatable bonds is 3. The normalized spacial score (nSPS) is 17.7. The number of hydrogen-bond acceptors (Lipinski definition) is 3. The quantitative estimate of drug-likeness (QED) is 0.841. The molecule has 4 rings (SSSR count). The number of anilines is 1. The molecule has 6 heteroatoms. The van der Waals surface area contributed by atoms with Gasteiger partial charge in [0.15, 0.2) is 0 Å². The molecule has 132 valence electrons. The first-order valence-corrected chi connectivity index (χ1v) is 8.84. The first-order valence-electron chi connectivity index (χ1n) is 8.46. The predicted molar refractivity (Wildman–Crippen MR) is 98.5 cm³/mol. The maximum atomic E-state index is 13.0. The van der Waals surface area contributed by atoms with Gasteiger partial charge in [0, 0.05) is 17.8 Å². The summed E-state index contributed by atoms with van der Waals surface area (Å²) in [5.41, 5.74) is 1.58. The minimum Gasteiger partial charge on any atom is -0.325 e. The summed E-state index contributed by atoms with van der Waals surface area (Å²) in [6.07, 6.45) is 2.52. The lowest BCUT2D eigenvalue weighted by Gasteiger charge is -2.40. The van der Waals surface area contributed by atoms with Crippen molar-refractivity contribution in [2.24, 2.45) is 0 Å². The molecule has 1 fully saturated rings. The Morgan fingerprint density at radius 2 is 1.69 bits per heavy atom. The molecule has 1 saturated carbocycles. The second-order valence-corrected chi connectivity index (χ2v) is 7.26. The number of carbonyl (C=O) groups excluding carboxylic acids is 3. The number of fused-ring (bicyclic) bond motifs is 1. The van der Waals surface area contributed by atoms with Gasteiger partial charge in [0.1, 0.15) is 0 Å². The number of halogens is 1. The van der Waals surface area contributed by atoms with Crippen molar-refractivity contribution in [2.75, 3.05) is 12.4 Å². The summed E-state index contributed by atoms with van der Waals surface area (Å²) in [5.74, 6) is -0.771. The van der Waals surface area contributed by atoms with Crippen LogP contribution in [-0.4, -0.2) is 29.7 Å². The molecular formula is C20H17ClN2O3. The smallest absolute Gasteiger partial charge is 0.261 e. The van der Waals surface area contributed by atoms with E-state index in [2.05, 4.69) is 5.32 Å². The Morgan fingerprint density at radius 3 is 2.31 bits per heavy atom. The van der Waals surface area contributed by atoms with Gasteiger partial charge < -0.3 is 5.32 Å². The maximum Gasteiger partial charge on any atom is 0.261 e. The Labute approximate surface area is 155 Å². The topological polar surface area (TPSA) is 66.5 Å². The summed E-state index contributed by atoms with van der Waals surface area (Å²) in [4.78, 5) is 38.2. The van der Waals surface area contributed by atoms with E-state index >= 15 is 0 Å². The van der Waals surface area contributed by atoms with Gasteiger partial charge in [-0.25, -0.2) is 0 Å². The van der Waals surface area contributed by atoms with Gasteiger partial charge in [0.2, 0.25) is 5.91 Å². The van der Waals surface area contributed by atoms with E-state index in [0.717, 1.165) is 29.7 Å². The standard InChI is InChI=1S/C20H17ClN2O3/c1-23-17(24)15-8-7-14(11-16(15)18(23)25)22-19(26)20(9-2-10-20)12-3-5-13(21)6-4-12/h3-8,11H,2,9-10H2,1H3,(H,22,26). The van der Waals surface area contributed by atoms with Crippen LogP contribution in [0.1, 0.15) is 45.5 Å². The second-order valence-electron chi connectivity index (χ2n) is 6.83. The highest BCUT2D eigenvalue weighted by Gasteiger charge is 2.45. The van der Waals surface area contributed by atoms with Crippen molar-refractivity contribution in [1.29, 1.82) is 0 Å². The second kappa shape index (κ2) is 5.95. The summed E-state index contributed by atoms with van der Waals surface area (Å²) in [6, 6.07) is 12.2. The van der Waals surface area contributed by atoms with Crippen LogP contribution in [0.3, 0.4) is 0 Å². The molecule has 2 aliphatic rings. The van der Waals surface area contributed by atoms with Gasteiger partial charge >= 0.3 is 0 Å². The van der Waals surface area contributed by atoms with E-state index < -0.39 is 5.41 Å². The summed E-state index contributed by atoms with van der Waals surface area (Å²) >= 11 is 5.96. The molecule has 1 heterocycles. The lowest BCUT2D eigenvalue weighted by molar-refractivity contribution is -0.124. The Bertz CT molecular complexity index is 933. The van der Waals surface area contributed by atoms with Crippen molar-refractivity contribution < 1.29 is 14.4 Å². The third kappa shape index (κ3) is 2.42. The van der Waals surface area contributed by atoms with Crippen molar-refractivity contribution in [3.8, 4) is 0 Å². The van der Waals surface area contributed by atoms with Crippen LogP contribution in [0.25, 0.3) is 0 Å². The number of amides is 3. The molecule has 0 saturated heterocycles. The van der Waals surface area contributed by atoms with Crippen LogP contribution < -0.4 is 5.32 Å². The first-order chi connectivity index (χ1) is 12.4. The zero-order chi connectivity index (χ0) is 18.5. The molecule has 0 spiro atoms. The zero-order valence-corrected chi connectivity index (χ0v) is 15.0. The maximum absolute atomic E-state index is 13.0. The fourth-order valence-electron chi connectivity index (χ4n) is 3.64. The van der Waals surface area contributed by atoms with Gasteiger partial charge in [-0.2, -0.15) is 0 Å². The fraction of sp³-hybridized carbons (Fsp3) is 0.250. The zero-order valence-electron chi connectivity index (χ0n) is 14.2. The van der Waals surface area contributed by atoms with Gasteiger partial charge in [-0.1, -0.05) is 30.2 Å². The van der Waals surface area contributed by atoms with E-state index in [1.807, 2.05) is 12.1 Å². The Morgan fingerprint density at radius 1 is 1.04 bits per heavy atom. The largest absolute Gasteiger partial charge is 0.325 e. The van der Waals surface area contributed by atoms with E-state index in [0.29, 0.717) is 21.8 Å². The molecule has 0 radical (unpaired) electrons. The fourth-order valence-corrected chi connectivity index (χ4v) is 3.76. The molecule has 0 bridgehead atoms. The molecule has 1 aliphatic carbocycles. The third-order valence-corrected chi connectivity index (χ3v) is 5.64. The molecule has 0 aromatic heterocycles. The molecule has 1 aliphatic heterocycles. The Balaban J connectivity index is 1.61. The summed E-state index contributed by atoms with van der Waals surface area (Å²) in [6.45, 7) is 0. The van der Waals surface area contributed by atoms with Crippen molar-refractivity contribution in [1.82, 2.24) is 4.90 Å². The van der Waals surface area contributed by atoms with Crippen molar-refractivity contribution in [2.45, 2.75) is 24.7 Å². The van der Waals surface area contributed by atoms with Crippen LogP contribution >= 0.6 is 11.6 Å². The van der Waals surface area contributed by atoms with Crippen LogP contribution in [0.4, 0.5) is 5.69 Å². The molecule has 26 heavy (non-hydrogen) atoms. The summed E-state index contributed by atoms with van der Waals surface area (Å²) in [5, 5.41) is 3.56. The molecule has 0 atom stereocenters. The number of carbonyl (C=O) groups is 3. The Hall–Kier alpha value is -2.66. The predicted octanol–water partition coefficient (Wildman–Crippen LogP) is 3.63. The number of benzene rings is 2. The Kier molecular flexibility index (Phi) is 3.84. The van der Waals surface area contributed by atoms with Gasteiger partial charge in [0.05, 0.1) is 16.5 Å². The number of nitrogens with zero attached hydrogens (tertiary/aromatic N) is 1. The monoisotopic (exact) mass is 368 g/mol. The van der Waals surface area contributed by atoms with E-state index in [4.69, 9.17) is 11.6 Å². The molecule has 1 N–H and O–H groups in total. The lowest BCUT2D eigenvalue weighted by atomic mass is 9.64. The average Bonchev–Trinajstić information content (AvgIpc) is 2.80. The highest BCUT2D eigenvalue weighted by Crippen LogP contribution is 2.45. The van der Waals surface area contributed by atoms with Crippen LogP contribution in [0.15, 0.2) is 42.5 Å². The molecule has 3 amide bonds. The minimum absolute atomic E-state index is 0.101. The van der Waals surface area contributed by atoms with Gasteiger partial charge in [0.25, 0.3) is 11.8 Å². The third-order valence-electron chi connectivity index (χ3n) is 5.39. The minimum atomic E-state index is -0.569. The summed E-state index contributed by atoms with van der Waals surface area (Å²) in [7, 11) is 1.45.